The van der Waals surface area contributed by atoms with Crippen LogP contribution in [0.2, 0.25) is 0 Å². The van der Waals surface area contributed by atoms with Crippen LogP contribution in [0.3, 0.4) is 0 Å². The van der Waals surface area contributed by atoms with E-state index in [1.54, 1.807) is 12.1 Å². The number of amides is 1. The van der Waals surface area contributed by atoms with Gasteiger partial charge in [0.2, 0.25) is 12.1 Å². The van der Waals surface area contributed by atoms with Crippen molar-refractivity contribution < 1.29 is 14.3 Å². The fourth-order valence-corrected chi connectivity index (χ4v) is 4.56. The molecule has 1 aromatic heterocycles. The number of anilines is 2. The van der Waals surface area contributed by atoms with E-state index in [0.29, 0.717) is 24.0 Å². The third kappa shape index (κ3) is 6.26. The Hall–Kier alpha value is -3.68. The highest BCUT2D eigenvalue weighted by atomic mass is 16.5. The quantitative estimate of drug-likeness (QED) is 0.474. The van der Waals surface area contributed by atoms with E-state index >= 15 is 0 Å². The van der Waals surface area contributed by atoms with Crippen LogP contribution in [0.15, 0.2) is 54.6 Å². The predicted octanol–water partition coefficient (Wildman–Crippen LogP) is 4.09. The number of carbonyl (C=O) groups is 2. The van der Waals surface area contributed by atoms with E-state index in [4.69, 9.17) is 14.7 Å². The van der Waals surface area contributed by atoms with Crippen LogP contribution in [0.1, 0.15) is 44.3 Å². The largest absolute Gasteiger partial charge is 0.447 e. The number of fused-ring (bicyclic) bond motifs is 1. The van der Waals surface area contributed by atoms with Crippen LogP contribution in [-0.2, 0) is 14.3 Å². The molecule has 1 saturated carbocycles. The van der Waals surface area contributed by atoms with Gasteiger partial charge in [-0.3, -0.25) is 9.59 Å². The van der Waals surface area contributed by atoms with E-state index < -0.39 is 12.1 Å². The van der Waals surface area contributed by atoms with Crippen molar-refractivity contribution in [3.63, 3.8) is 0 Å². The Balaban J connectivity index is 1.31. The molecular formula is C27H33N5O3. The zero-order valence-electron chi connectivity index (χ0n) is 20.5. The lowest BCUT2D eigenvalue weighted by atomic mass is 9.86. The summed E-state index contributed by atoms with van der Waals surface area (Å²) in [5.74, 6) is 1.16. The Kier molecular flexibility index (Phi) is 7.80. The maximum absolute atomic E-state index is 12.8. The minimum absolute atomic E-state index is 0.285. The van der Waals surface area contributed by atoms with E-state index in [9.17, 15) is 9.59 Å². The fraction of sp³-hybridized carbons (Fsp3) is 0.407. The van der Waals surface area contributed by atoms with Crippen molar-refractivity contribution in [3.8, 4) is 0 Å². The summed E-state index contributed by atoms with van der Waals surface area (Å²) in [6.07, 6.45) is 2.98. The van der Waals surface area contributed by atoms with Crippen molar-refractivity contribution in [2.75, 3.05) is 30.9 Å². The maximum atomic E-state index is 12.8. The highest BCUT2D eigenvalue weighted by molar-refractivity contribution is 5.90. The number of ether oxygens (including phenoxy) is 1. The summed E-state index contributed by atoms with van der Waals surface area (Å²) in [4.78, 5) is 35.8. The average Bonchev–Trinajstić information content (AvgIpc) is 2.86. The van der Waals surface area contributed by atoms with Crippen LogP contribution in [0, 0.1) is 5.92 Å². The van der Waals surface area contributed by atoms with Crippen molar-refractivity contribution in [2.24, 2.45) is 5.92 Å². The fourth-order valence-electron chi connectivity index (χ4n) is 4.56. The van der Waals surface area contributed by atoms with Crippen molar-refractivity contribution in [1.29, 1.82) is 0 Å². The van der Waals surface area contributed by atoms with Gasteiger partial charge in [0, 0.05) is 44.6 Å². The second-order valence-corrected chi connectivity index (χ2v) is 9.29. The summed E-state index contributed by atoms with van der Waals surface area (Å²) in [6, 6.07) is 17.4. The molecule has 35 heavy (non-hydrogen) atoms. The van der Waals surface area contributed by atoms with Crippen LogP contribution in [0.25, 0.3) is 10.9 Å². The molecular weight excluding hydrogens is 442 g/mol. The summed E-state index contributed by atoms with van der Waals surface area (Å²) >= 11 is 0. The number of esters is 1. The number of carbonyl (C=O) groups excluding carboxylic acids is 2. The summed E-state index contributed by atoms with van der Waals surface area (Å²) < 4.78 is 5.30. The Labute approximate surface area is 206 Å². The molecule has 1 aliphatic carbocycles. The number of nitrogens with one attached hydrogen (secondary N) is 2. The van der Waals surface area contributed by atoms with Crippen LogP contribution < -0.4 is 15.5 Å². The molecule has 0 radical (unpaired) electrons. The number of para-hydroxylation sites is 1. The van der Waals surface area contributed by atoms with Gasteiger partial charge in [-0.05, 0) is 43.7 Å². The first-order valence-corrected chi connectivity index (χ1v) is 12.1. The summed E-state index contributed by atoms with van der Waals surface area (Å²) in [5.41, 5.74) is 1.59. The van der Waals surface area contributed by atoms with Gasteiger partial charge in [0.1, 0.15) is 5.82 Å². The van der Waals surface area contributed by atoms with Gasteiger partial charge in [-0.15, -0.1) is 0 Å². The zero-order valence-corrected chi connectivity index (χ0v) is 20.5. The molecule has 1 unspecified atom stereocenters. The Morgan fingerprint density at radius 3 is 2.37 bits per heavy atom. The molecule has 1 heterocycles. The van der Waals surface area contributed by atoms with Crippen molar-refractivity contribution in [2.45, 2.75) is 44.8 Å². The highest BCUT2D eigenvalue weighted by Crippen LogP contribution is 2.28. The molecule has 8 nitrogen and oxygen atoms in total. The lowest BCUT2D eigenvalue weighted by Gasteiger charge is -2.30. The van der Waals surface area contributed by atoms with Crippen molar-refractivity contribution in [3.05, 3.63) is 60.2 Å². The standard InChI is InChI=1S/C27H33N5O3/c1-18(33)35-24(20-9-5-4-6-10-20)26(34)28-17-19-13-15-21(16-14-19)29-27-30-23-12-8-7-11-22(23)25(31-27)32(2)3/h4-12,19,21,24H,13-17H2,1-3H3,(H,28,34)(H,29,30,31)/t19-,21+,24?. The van der Waals surface area contributed by atoms with E-state index in [0.717, 1.165) is 42.4 Å². The Bertz CT molecular complexity index is 1160. The monoisotopic (exact) mass is 475 g/mol. The van der Waals surface area contributed by atoms with Gasteiger partial charge in [-0.2, -0.15) is 4.98 Å². The SMILES string of the molecule is CC(=O)OC(C(=O)NC[C@H]1CC[C@@H](Nc2nc(N(C)C)c3ccccc3n2)CC1)c1ccccc1. The molecule has 2 aromatic carbocycles. The molecule has 2 N–H and O–H groups in total. The van der Waals surface area contributed by atoms with Crippen LogP contribution in [-0.4, -0.2) is 48.5 Å². The lowest BCUT2D eigenvalue weighted by Crippen LogP contribution is -2.37. The zero-order chi connectivity index (χ0) is 24.8. The van der Waals surface area contributed by atoms with Crippen molar-refractivity contribution >= 4 is 34.5 Å². The number of hydrogen-bond acceptors (Lipinski definition) is 7. The van der Waals surface area contributed by atoms with E-state index in [1.807, 2.05) is 61.5 Å². The van der Waals surface area contributed by atoms with E-state index in [1.165, 1.54) is 6.92 Å². The van der Waals surface area contributed by atoms with Crippen LogP contribution in [0.5, 0.6) is 0 Å². The molecule has 1 atom stereocenters. The normalized spacial score (nSPS) is 18.5. The molecule has 0 bridgehead atoms. The van der Waals surface area contributed by atoms with Gasteiger partial charge in [-0.1, -0.05) is 42.5 Å². The summed E-state index contributed by atoms with van der Waals surface area (Å²) in [5, 5.41) is 7.55. The van der Waals surface area contributed by atoms with Gasteiger partial charge >= 0.3 is 5.97 Å². The molecule has 3 aromatic rings. The third-order valence-electron chi connectivity index (χ3n) is 6.38. The number of benzene rings is 2. The number of hydrogen-bond donors (Lipinski definition) is 2. The molecule has 184 valence electrons. The number of aromatic nitrogens is 2. The lowest BCUT2D eigenvalue weighted by molar-refractivity contribution is -0.154. The van der Waals surface area contributed by atoms with Gasteiger partial charge in [0.05, 0.1) is 5.52 Å². The van der Waals surface area contributed by atoms with Gasteiger partial charge in [0.25, 0.3) is 5.91 Å². The van der Waals surface area contributed by atoms with Gasteiger partial charge in [0.15, 0.2) is 0 Å². The molecule has 8 heteroatoms. The summed E-state index contributed by atoms with van der Waals surface area (Å²) in [7, 11) is 3.98. The molecule has 0 saturated heterocycles. The van der Waals surface area contributed by atoms with E-state index in [2.05, 4.69) is 10.6 Å². The minimum Gasteiger partial charge on any atom is -0.447 e. The second-order valence-electron chi connectivity index (χ2n) is 9.29. The topological polar surface area (TPSA) is 96.5 Å². The summed E-state index contributed by atoms with van der Waals surface area (Å²) in [6.45, 7) is 1.88. The Morgan fingerprint density at radius 2 is 1.69 bits per heavy atom. The molecule has 4 rings (SSSR count). The molecule has 1 fully saturated rings. The van der Waals surface area contributed by atoms with Gasteiger partial charge in [-0.25, -0.2) is 4.98 Å². The van der Waals surface area contributed by atoms with Crippen LogP contribution in [0.4, 0.5) is 11.8 Å². The van der Waals surface area contributed by atoms with Crippen LogP contribution >= 0.6 is 0 Å². The maximum Gasteiger partial charge on any atom is 0.303 e. The molecule has 1 aliphatic rings. The Morgan fingerprint density at radius 1 is 1.00 bits per heavy atom. The number of nitrogens with zero attached hydrogens (tertiary/aromatic N) is 3. The highest BCUT2D eigenvalue weighted by Gasteiger charge is 2.26. The van der Waals surface area contributed by atoms with Crippen molar-refractivity contribution in [1.82, 2.24) is 15.3 Å². The molecule has 1 amide bonds. The second kappa shape index (κ2) is 11.2. The minimum atomic E-state index is -0.928. The third-order valence-corrected chi connectivity index (χ3v) is 6.38. The van der Waals surface area contributed by atoms with E-state index in [-0.39, 0.29) is 11.9 Å². The first-order valence-electron chi connectivity index (χ1n) is 12.1. The average molecular weight is 476 g/mol. The predicted molar refractivity (Wildman–Crippen MR) is 137 cm³/mol. The smallest absolute Gasteiger partial charge is 0.303 e. The first kappa shape index (κ1) is 24.4. The molecule has 0 spiro atoms. The molecule has 0 aliphatic heterocycles. The first-order chi connectivity index (χ1) is 16.9. The van der Waals surface area contributed by atoms with Gasteiger partial charge < -0.3 is 20.3 Å². The number of rotatable bonds is 8.